The summed E-state index contributed by atoms with van der Waals surface area (Å²) in [5.41, 5.74) is 5.85. The van der Waals surface area contributed by atoms with Crippen molar-refractivity contribution in [1.29, 1.82) is 0 Å². The van der Waals surface area contributed by atoms with Crippen LogP contribution in [0.15, 0.2) is 4.60 Å². The van der Waals surface area contributed by atoms with E-state index in [1.54, 1.807) is 0 Å². The molecule has 0 bridgehead atoms. The van der Waals surface area contributed by atoms with Gasteiger partial charge in [0.1, 0.15) is 10.4 Å². The molecule has 9 nitrogen and oxygen atoms in total. The van der Waals surface area contributed by atoms with Crippen LogP contribution in [-0.4, -0.2) is 53.9 Å². The molecule has 20 heavy (non-hydrogen) atoms. The Morgan fingerprint density at radius 1 is 1.45 bits per heavy atom. The highest BCUT2D eigenvalue weighted by Crippen LogP contribution is 2.32. The lowest BCUT2D eigenvalue weighted by Gasteiger charge is -2.11. The minimum Gasteiger partial charge on any atom is -0.492 e. The minimum atomic E-state index is -0.954. The fraction of sp³-hybridized carbons (Fsp3) is 0.400. The SMILES string of the molecule is Nc1nc(O)c2c(Br)nc(C3CCN(C(=O)O)C3)n2n1. The standard InChI is InChI=1S/C10H11BrN6O3/c11-6-5-8(18)14-9(12)15-17(5)7(13-6)4-1-2-16(3-4)10(19)20/h4H,1-3H2,(H,19,20)(H3,12,14,15,18). The van der Waals surface area contributed by atoms with Crippen LogP contribution in [0.3, 0.4) is 0 Å². The van der Waals surface area contributed by atoms with Crippen LogP contribution >= 0.6 is 15.9 Å². The van der Waals surface area contributed by atoms with Crippen LogP contribution in [0, 0.1) is 0 Å². The van der Waals surface area contributed by atoms with Gasteiger partial charge in [-0.15, -0.1) is 5.10 Å². The number of carboxylic acid groups (broad SMARTS) is 1. The Morgan fingerprint density at radius 3 is 2.85 bits per heavy atom. The van der Waals surface area contributed by atoms with Crippen LogP contribution < -0.4 is 5.73 Å². The molecule has 1 amide bonds. The van der Waals surface area contributed by atoms with Gasteiger partial charge < -0.3 is 20.8 Å². The van der Waals surface area contributed by atoms with Crippen LogP contribution in [0.25, 0.3) is 5.52 Å². The number of amides is 1. The number of aromatic hydroxyl groups is 1. The molecule has 0 saturated carbocycles. The third kappa shape index (κ3) is 1.92. The van der Waals surface area contributed by atoms with Crippen LogP contribution in [0.4, 0.5) is 10.7 Å². The predicted molar refractivity (Wildman–Crippen MR) is 71.5 cm³/mol. The van der Waals surface area contributed by atoms with Crippen molar-refractivity contribution >= 4 is 33.5 Å². The molecule has 10 heteroatoms. The summed E-state index contributed by atoms with van der Waals surface area (Å²) in [5.74, 6) is 0.115. The number of imidazole rings is 1. The predicted octanol–water partition coefficient (Wildman–Crippen LogP) is 0.642. The van der Waals surface area contributed by atoms with Gasteiger partial charge in [0.25, 0.3) is 0 Å². The average molecular weight is 343 g/mol. The van der Waals surface area contributed by atoms with Crippen molar-refractivity contribution in [2.45, 2.75) is 12.3 Å². The van der Waals surface area contributed by atoms with E-state index in [1.165, 1.54) is 9.42 Å². The lowest BCUT2D eigenvalue weighted by molar-refractivity contribution is 0.155. The van der Waals surface area contributed by atoms with E-state index in [4.69, 9.17) is 10.8 Å². The molecule has 3 rings (SSSR count). The van der Waals surface area contributed by atoms with Gasteiger partial charge in [-0.2, -0.15) is 4.98 Å². The van der Waals surface area contributed by atoms with E-state index in [9.17, 15) is 9.90 Å². The molecule has 1 aliphatic heterocycles. The molecular formula is C10H11BrN6O3. The summed E-state index contributed by atoms with van der Waals surface area (Å²) < 4.78 is 1.82. The van der Waals surface area contributed by atoms with Crippen molar-refractivity contribution < 1.29 is 15.0 Å². The molecule has 0 spiro atoms. The largest absolute Gasteiger partial charge is 0.492 e. The summed E-state index contributed by atoms with van der Waals surface area (Å²) in [5, 5.41) is 22.8. The summed E-state index contributed by atoms with van der Waals surface area (Å²) >= 11 is 3.24. The van der Waals surface area contributed by atoms with Gasteiger partial charge in [-0.1, -0.05) is 0 Å². The summed E-state index contributed by atoms with van der Waals surface area (Å²) in [6.07, 6.45) is -0.313. The molecule has 1 unspecified atom stereocenters. The highest BCUT2D eigenvalue weighted by atomic mass is 79.9. The van der Waals surface area contributed by atoms with Crippen molar-refractivity contribution in [3.8, 4) is 5.88 Å². The van der Waals surface area contributed by atoms with Crippen molar-refractivity contribution in [3.63, 3.8) is 0 Å². The number of anilines is 1. The normalized spacial score (nSPS) is 18.9. The number of carbonyl (C=O) groups is 1. The Kier molecular flexibility index (Phi) is 2.89. The molecule has 3 heterocycles. The Hall–Kier alpha value is -2.10. The lowest BCUT2D eigenvalue weighted by atomic mass is 10.1. The van der Waals surface area contributed by atoms with E-state index in [1.807, 2.05) is 0 Å². The Balaban J connectivity index is 2.07. The number of nitrogens with two attached hydrogens (primary N) is 1. The second-order valence-electron chi connectivity index (χ2n) is 4.53. The van der Waals surface area contributed by atoms with Crippen molar-refractivity contribution in [2.75, 3.05) is 18.8 Å². The number of hydrogen-bond acceptors (Lipinski definition) is 6. The van der Waals surface area contributed by atoms with Gasteiger partial charge in [0.2, 0.25) is 11.8 Å². The van der Waals surface area contributed by atoms with E-state index < -0.39 is 6.09 Å². The zero-order chi connectivity index (χ0) is 14.4. The van der Waals surface area contributed by atoms with E-state index >= 15 is 0 Å². The van der Waals surface area contributed by atoms with Crippen LogP contribution in [0.1, 0.15) is 18.2 Å². The molecule has 1 aliphatic rings. The Bertz CT molecular complexity index is 702. The Morgan fingerprint density at radius 2 is 2.20 bits per heavy atom. The van der Waals surface area contributed by atoms with E-state index in [0.29, 0.717) is 35.5 Å². The molecule has 2 aromatic rings. The van der Waals surface area contributed by atoms with Crippen LogP contribution in [-0.2, 0) is 0 Å². The molecule has 106 valence electrons. The highest BCUT2D eigenvalue weighted by molar-refractivity contribution is 9.10. The second-order valence-corrected chi connectivity index (χ2v) is 5.28. The molecule has 4 N–H and O–H groups in total. The highest BCUT2D eigenvalue weighted by Gasteiger charge is 2.31. The third-order valence-corrected chi connectivity index (χ3v) is 3.85. The average Bonchev–Trinajstić information content (AvgIpc) is 2.94. The number of hydrogen-bond donors (Lipinski definition) is 3. The number of nitrogen functional groups attached to an aromatic ring is 1. The maximum atomic E-state index is 11.0. The zero-order valence-corrected chi connectivity index (χ0v) is 11.8. The summed E-state index contributed by atoms with van der Waals surface area (Å²) in [7, 11) is 0. The van der Waals surface area contributed by atoms with Gasteiger partial charge in [-0.3, -0.25) is 0 Å². The van der Waals surface area contributed by atoms with Gasteiger partial charge in [-0.05, 0) is 22.4 Å². The van der Waals surface area contributed by atoms with Gasteiger partial charge in [0.15, 0.2) is 5.52 Å². The maximum absolute atomic E-state index is 11.0. The first-order valence-corrected chi connectivity index (χ1v) is 6.65. The van der Waals surface area contributed by atoms with Gasteiger partial charge in [0.05, 0.1) is 0 Å². The Labute approximate surface area is 121 Å². The number of aromatic nitrogens is 4. The number of rotatable bonds is 1. The summed E-state index contributed by atoms with van der Waals surface area (Å²) in [6, 6.07) is 0. The zero-order valence-electron chi connectivity index (χ0n) is 10.2. The minimum absolute atomic E-state index is 0.0748. The van der Waals surface area contributed by atoms with Crippen LogP contribution in [0.5, 0.6) is 5.88 Å². The summed E-state index contributed by atoms with van der Waals surface area (Å²) in [4.78, 5) is 20.3. The fourth-order valence-electron chi connectivity index (χ4n) is 2.39. The molecule has 1 fully saturated rings. The quantitative estimate of drug-likeness (QED) is 0.693. The number of likely N-dealkylation sites (tertiary alicyclic amines) is 1. The molecule has 0 aromatic carbocycles. The van der Waals surface area contributed by atoms with Crippen molar-refractivity contribution in [1.82, 2.24) is 24.5 Å². The molecule has 0 aliphatic carbocycles. The smallest absolute Gasteiger partial charge is 0.407 e. The maximum Gasteiger partial charge on any atom is 0.407 e. The molecule has 1 atom stereocenters. The van der Waals surface area contributed by atoms with Crippen molar-refractivity contribution in [3.05, 3.63) is 10.4 Å². The third-order valence-electron chi connectivity index (χ3n) is 3.30. The summed E-state index contributed by atoms with van der Waals surface area (Å²) in [6.45, 7) is 0.782. The van der Waals surface area contributed by atoms with E-state index in [0.717, 1.165) is 0 Å². The van der Waals surface area contributed by atoms with Crippen LogP contribution in [0.2, 0.25) is 0 Å². The van der Waals surface area contributed by atoms with Gasteiger partial charge in [-0.25, -0.2) is 14.3 Å². The lowest BCUT2D eigenvalue weighted by Crippen LogP contribution is -2.26. The number of nitrogens with zero attached hydrogens (tertiary/aromatic N) is 5. The second kappa shape index (κ2) is 4.47. The van der Waals surface area contributed by atoms with Gasteiger partial charge >= 0.3 is 6.09 Å². The fourth-order valence-corrected chi connectivity index (χ4v) is 2.91. The van der Waals surface area contributed by atoms with E-state index in [2.05, 4.69) is 31.0 Å². The van der Waals surface area contributed by atoms with Crippen molar-refractivity contribution in [2.24, 2.45) is 0 Å². The van der Waals surface area contributed by atoms with Gasteiger partial charge in [0, 0.05) is 19.0 Å². The first-order chi connectivity index (χ1) is 9.47. The number of halogens is 1. The first-order valence-electron chi connectivity index (χ1n) is 5.86. The monoisotopic (exact) mass is 342 g/mol. The molecule has 1 saturated heterocycles. The molecule has 2 aromatic heterocycles. The number of fused-ring (bicyclic) bond motifs is 1. The van der Waals surface area contributed by atoms with E-state index in [-0.39, 0.29) is 17.7 Å². The molecular weight excluding hydrogens is 332 g/mol. The first kappa shape index (κ1) is 12.9. The topological polar surface area (TPSA) is 130 Å². The molecule has 0 radical (unpaired) electrons.